The van der Waals surface area contributed by atoms with Crippen LogP contribution in [0.5, 0.6) is 0 Å². The summed E-state index contributed by atoms with van der Waals surface area (Å²) in [6.45, 7) is 3.93. The lowest BCUT2D eigenvalue weighted by Crippen LogP contribution is -2.40. The van der Waals surface area contributed by atoms with Gasteiger partial charge in [0.05, 0.1) is 10.9 Å². The van der Waals surface area contributed by atoms with Gasteiger partial charge in [0.25, 0.3) is 0 Å². The zero-order valence-electron chi connectivity index (χ0n) is 14.1. The van der Waals surface area contributed by atoms with E-state index in [1.165, 1.54) is 31.0 Å². The molecule has 0 spiro atoms. The van der Waals surface area contributed by atoms with Gasteiger partial charge in [-0.25, -0.2) is 0 Å². The summed E-state index contributed by atoms with van der Waals surface area (Å²) >= 11 is 1.39. The van der Waals surface area contributed by atoms with Crippen molar-refractivity contribution >= 4 is 17.7 Å². The first-order valence-corrected chi connectivity index (χ1v) is 9.34. The third kappa shape index (κ3) is 4.14. The zero-order chi connectivity index (χ0) is 16.9. The summed E-state index contributed by atoms with van der Waals surface area (Å²) in [7, 11) is 0. The summed E-state index contributed by atoms with van der Waals surface area (Å²) in [4.78, 5) is 12.4. The number of aryl methyl sites for hydroxylation is 1. The molecule has 1 aromatic carbocycles. The van der Waals surface area contributed by atoms with Crippen molar-refractivity contribution in [3.8, 4) is 5.69 Å². The van der Waals surface area contributed by atoms with Crippen molar-refractivity contribution in [1.29, 1.82) is 0 Å². The number of carbonyl (C=O) groups is 1. The van der Waals surface area contributed by atoms with Crippen LogP contribution in [-0.4, -0.2) is 37.4 Å². The quantitative estimate of drug-likeness (QED) is 0.844. The number of carbonyl (C=O) groups excluding carboxylic acids is 1. The highest BCUT2D eigenvalue weighted by atomic mass is 32.2. The maximum atomic E-state index is 12.4. The number of thioether (sulfide) groups is 1. The molecule has 1 aromatic heterocycles. The number of nitrogens with one attached hydrogen (secondary N) is 1. The predicted octanol–water partition coefficient (Wildman–Crippen LogP) is 2.90. The van der Waals surface area contributed by atoms with Gasteiger partial charge >= 0.3 is 0 Å². The minimum atomic E-state index is -0.235. The molecule has 3 rings (SSSR count). The molecule has 0 radical (unpaired) electrons. The van der Waals surface area contributed by atoms with E-state index >= 15 is 0 Å². The van der Waals surface area contributed by atoms with Crippen molar-refractivity contribution in [3.05, 3.63) is 29.8 Å². The number of nitrogens with zero attached hydrogens (tertiary/aromatic N) is 4. The van der Waals surface area contributed by atoms with Crippen LogP contribution < -0.4 is 5.32 Å². The minimum absolute atomic E-state index is 0.0608. The molecular weight excluding hydrogens is 322 g/mol. The summed E-state index contributed by atoms with van der Waals surface area (Å²) < 4.78 is 1.68. The number of aromatic nitrogens is 4. The SMILES string of the molecule is Cc1cccc(-n2nnnc2SC(C)C(=O)NC2CCCCC2)c1. The number of rotatable bonds is 5. The highest BCUT2D eigenvalue weighted by Gasteiger charge is 2.22. The number of hydrogen-bond donors (Lipinski definition) is 1. The Labute approximate surface area is 146 Å². The summed E-state index contributed by atoms with van der Waals surface area (Å²) in [5, 5.41) is 15.5. The van der Waals surface area contributed by atoms with Gasteiger partial charge in [-0.15, -0.1) is 5.10 Å². The fraction of sp³-hybridized carbons (Fsp3) is 0.529. The van der Waals surface area contributed by atoms with Crippen molar-refractivity contribution < 1.29 is 4.79 Å². The lowest BCUT2D eigenvalue weighted by Gasteiger charge is -2.24. The molecule has 1 aliphatic rings. The van der Waals surface area contributed by atoms with Crippen molar-refractivity contribution in [2.24, 2.45) is 0 Å². The zero-order valence-corrected chi connectivity index (χ0v) is 14.9. The highest BCUT2D eigenvalue weighted by Crippen LogP contribution is 2.24. The molecule has 7 heteroatoms. The molecule has 2 aromatic rings. The van der Waals surface area contributed by atoms with Gasteiger partial charge in [-0.3, -0.25) is 4.79 Å². The van der Waals surface area contributed by atoms with Crippen LogP contribution in [-0.2, 0) is 4.79 Å². The Hall–Kier alpha value is -1.89. The number of amides is 1. The molecule has 128 valence electrons. The molecule has 1 aliphatic carbocycles. The molecule has 0 aliphatic heterocycles. The Balaban J connectivity index is 1.65. The molecule has 1 unspecified atom stereocenters. The predicted molar refractivity (Wildman–Crippen MR) is 94.2 cm³/mol. The summed E-state index contributed by atoms with van der Waals surface area (Å²) in [5.74, 6) is 0.0608. The van der Waals surface area contributed by atoms with Crippen LogP contribution in [0.3, 0.4) is 0 Å². The van der Waals surface area contributed by atoms with Gasteiger partial charge in [0.1, 0.15) is 0 Å². The molecule has 1 amide bonds. The Bertz CT molecular complexity index is 696. The van der Waals surface area contributed by atoms with Crippen molar-refractivity contribution in [2.75, 3.05) is 0 Å². The molecule has 0 saturated heterocycles. The normalized spacial score (nSPS) is 16.8. The van der Waals surface area contributed by atoms with Crippen LogP contribution in [0.1, 0.15) is 44.6 Å². The van der Waals surface area contributed by atoms with Crippen molar-refractivity contribution in [1.82, 2.24) is 25.5 Å². The van der Waals surface area contributed by atoms with Gasteiger partial charge in [0.2, 0.25) is 11.1 Å². The number of benzene rings is 1. The Morgan fingerprint density at radius 1 is 1.33 bits per heavy atom. The van der Waals surface area contributed by atoms with E-state index in [0.29, 0.717) is 11.2 Å². The lowest BCUT2D eigenvalue weighted by molar-refractivity contribution is -0.121. The second-order valence-electron chi connectivity index (χ2n) is 6.32. The second-order valence-corrected chi connectivity index (χ2v) is 7.62. The maximum absolute atomic E-state index is 12.4. The average Bonchev–Trinajstić information content (AvgIpc) is 3.04. The Kier molecular flexibility index (Phi) is 5.50. The summed E-state index contributed by atoms with van der Waals surface area (Å²) in [6.07, 6.45) is 5.87. The standard InChI is InChI=1S/C17H23N5OS/c1-12-7-6-10-15(11-12)22-17(19-20-21-22)24-13(2)16(23)18-14-8-4-3-5-9-14/h6-7,10-11,13-14H,3-5,8-9H2,1-2H3,(H,18,23). The van der Waals surface area contributed by atoms with E-state index in [1.807, 2.05) is 38.1 Å². The van der Waals surface area contributed by atoms with Crippen LogP contribution in [0.2, 0.25) is 0 Å². The number of hydrogen-bond acceptors (Lipinski definition) is 5. The largest absolute Gasteiger partial charge is 0.352 e. The lowest BCUT2D eigenvalue weighted by atomic mass is 9.95. The molecule has 0 bridgehead atoms. The van der Waals surface area contributed by atoms with E-state index in [-0.39, 0.29) is 11.2 Å². The Morgan fingerprint density at radius 2 is 2.12 bits per heavy atom. The van der Waals surface area contributed by atoms with Crippen LogP contribution in [0.15, 0.2) is 29.4 Å². The fourth-order valence-corrected chi connectivity index (χ4v) is 3.77. The minimum Gasteiger partial charge on any atom is -0.352 e. The van der Waals surface area contributed by atoms with Crippen LogP contribution in [0.4, 0.5) is 0 Å². The molecule has 1 fully saturated rings. The first-order chi connectivity index (χ1) is 11.6. The van der Waals surface area contributed by atoms with E-state index in [1.54, 1.807) is 4.68 Å². The van der Waals surface area contributed by atoms with E-state index in [4.69, 9.17) is 0 Å². The topological polar surface area (TPSA) is 72.7 Å². The molecule has 1 N–H and O–H groups in total. The summed E-state index contributed by atoms with van der Waals surface area (Å²) in [5.41, 5.74) is 2.05. The van der Waals surface area contributed by atoms with Gasteiger partial charge in [-0.05, 0) is 54.8 Å². The van der Waals surface area contributed by atoms with Gasteiger partial charge in [-0.1, -0.05) is 43.2 Å². The smallest absolute Gasteiger partial charge is 0.233 e. The van der Waals surface area contributed by atoms with Gasteiger partial charge in [0.15, 0.2) is 0 Å². The maximum Gasteiger partial charge on any atom is 0.233 e. The van der Waals surface area contributed by atoms with Crippen LogP contribution in [0.25, 0.3) is 5.69 Å². The highest BCUT2D eigenvalue weighted by molar-refractivity contribution is 8.00. The number of tetrazole rings is 1. The van der Waals surface area contributed by atoms with Crippen LogP contribution in [0, 0.1) is 6.92 Å². The van der Waals surface area contributed by atoms with Crippen molar-refractivity contribution in [2.45, 2.75) is 62.4 Å². The molecule has 1 heterocycles. The molecule has 24 heavy (non-hydrogen) atoms. The average molecular weight is 345 g/mol. The van der Waals surface area contributed by atoms with Crippen LogP contribution >= 0.6 is 11.8 Å². The van der Waals surface area contributed by atoms with Gasteiger partial charge in [-0.2, -0.15) is 4.68 Å². The Morgan fingerprint density at radius 3 is 2.88 bits per heavy atom. The first-order valence-electron chi connectivity index (χ1n) is 8.46. The van der Waals surface area contributed by atoms with Gasteiger partial charge in [0, 0.05) is 6.04 Å². The van der Waals surface area contributed by atoms with Crippen molar-refractivity contribution in [3.63, 3.8) is 0 Å². The van der Waals surface area contributed by atoms with Gasteiger partial charge < -0.3 is 5.32 Å². The van der Waals surface area contributed by atoms with E-state index in [2.05, 4.69) is 20.8 Å². The molecular formula is C17H23N5OS. The fourth-order valence-electron chi connectivity index (χ4n) is 2.95. The monoisotopic (exact) mass is 345 g/mol. The molecule has 1 saturated carbocycles. The molecule has 6 nitrogen and oxygen atoms in total. The van der Waals surface area contributed by atoms with E-state index in [0.717, 1.165) is 24.1 Å². The molecule has 1 atom stereocenters. The first kappa shape index (κ1) is 17.0. The van der Waals surface area contributed by atoms with E-state index < -0.39 is 0 Å². The summed E-state index contributed by atoms with van der Waals surface area (Å²) in [6, 6.07) is 8.30. The van der Waals surface area contributed by atoms with E-state index in [9.17, 15) is 4.79 Å². The third-order valence-electron chi connectivity index (χ3n) is 4.29. The second kappa shape index (κ2) is 7.79. The third-order valence-corrected chi connectivity index (χ3v) is 5.32.